The maximum atomic E-state index is 6.11. The number of H-pyrrole nitrogens is 1. The quantitative estimate of drug-likeness (QED) is 0.784. The molecule has 0 saturated heterocycles. The Bertz CT molecular complexity index is 890. The first-order chi connectivity index (χ1) is 12.3. The van der Waals surface area contributed by atoms with Crippen molar-refractivity contribution < 1.29 is 18.9 Å². The van der Waals surface area contributed by atoms with Crippen LogP contribution in [0.5, 0.6) is 17.2 Å². The molecule has 0 unspecified atom stereocenters. The van der Waals surface area contributed by atoms with Gasteiger partial charge in [0.1, 0.15) is 6.10 Å². The van der Waals surface area contributed by atoms with Crippen LogP contribution in [-0.4, -0.2) is 32.9 Å². The number of benzene rings is 2. The van der Waals surface area contributed by atoms with Crippen LogP contribution in [0.1, 0.15) is 22.9 Å². The van der Waals surface area contributed by atoms with Crippen LogP contribution in [0.15, 0.2) is 36.4 Å². The lowest BCUT2D eigenvalue weighted by atomic mass is 9.97. The van der Waals surface area contributed by atoms with Crippen molar-refractivity contribution in [3.05, 3.63) is 53.2 Å². The summed E-state index contributed by atoms with van der Waals surface area (Å²) < 4.78 is 22.5. The van der Waals surface area contributed by atoms with Gasteiger partial charge in [-0.25, -0.2) is 0 Å². The molecule has 1 atom stereocenters. The third kappa shape index (κ3) is 2.51. The fourth-order valence-corrected chi connectivity index (χ4v) is 3.59. The average Bonchev–Trinajstić information content (AvgIpc) is 3.05. The molecule has 4 rings (SSSR count). The van der Waals surface area contributed by atoms with Crippen molar-refractivity contribution in [3.8, 4) is 17.2 Å². The van der Waals surface area contributed by atoms with E-state index in [1.165, 1.54) is 10.9 Å². The molecule has 3 aromatic rings. The van der Waals surface area contributed by atoms with E-state index < -0.39 is 0 Å². The molecule has 0 bridgehead atoms. The Balaban J connectivity index is 1.87. The summed E-state index contributed by atoms with van der Waals surface area (Å²) >= 11 is 0. The van der Waals surface area contributed by atoms with Gasteiger partial charge in [0, 0.05) is 10.9 Å². The number of fused-ring (bicyclic) bond motifs is 3. The molecule has 0 spiro atoms. The maximum absolute atomic E-state index is 6.11. The highest BCUT2D eigenvalue weighted by Gasteiger charge is 2.28. The van der Waals surface area contributed by atoms with Crippen molar-refractivity contribution >= 4 is 10.9 Å². The molecule has 1 aliphatic heterocycles. The molecule has 0 amide bonds. The fraction of sp³-hybridized carbons (Fsp3) is 0.300. The molecule has 0 radical (unpaired) electrons. The van der Waals surface area contributed by atoms with E-state index in [2.05, 4.69) is 23.2 Å². The largest absolute Gasteiger partial charge is 0.493 e. The van der Waals surface area contributed by atoms with Crippen molar-refractivity contribution in [2.45, 2.75) is 12.5 Å². The summed E-state index contributed by atoms with van der Waals surface area (Å²) in [6.07, 6.45) is 0.713. The van der Waals surface area contributed by atoms with Gasteiger partial charge in [0.05, 0.1) is 33.6 Å². The number of aromatic amines is 1. The van der Waals surface area contributed by atoms with Gasteiger partial charge in [0.15, 0.2) is 11.5 Å². The highest BCUT2D eigenvalue weighted by Crippen LogP contribution is 2.43. The number of para-hydroxylation sites is 1. The van der Waals surface area contributed by atoms with Gasteiger partial charge in [0.2, 0.25) is 5.75 Å². The van der Waals surface area contributed by atoms with Crippen molar-refractivity contribution in [2.75, 3.05) is 27.9 Å². The third-order valence-corrected chi connectivity index (χ3v) is 4.74. The molecule has 2 aromatic carbocycles. The van der Waals surface area contributed by atoms with Crippen molar-refractivity contribution in [3.63, 3.8) is 0 Å². The van der Waals surface area contributed by atoms with Crippen molar-refractivity contribution in [1.82, 2.24) is 4.98 Å². The van der Waals surface area contributed by atoms with E-state index in [0.29, 0.717) is 23.9 Å². The summed E-state index contributed by atoms with van der Waals surface area (Å²) in [5.41, 5.74) is 4.53. The van der Waals surface area contributed by atoms with E-state index in [0.717, 1.165) is 23.2 Å². The number of nitrogens with one attached hydrogen (secondary N) is 1. The van der Waals surface area contributed by atoms with Crippen LogP contribution in [0.2, 0.25) is 0 Å². The Labute approximate surface area is 146 Å². The van der Waals surface area contributed by atoms with Crippen LogP contribution < -0.4 is 14.2 Å². The maximum Gasteiger partial charge on any atom is 0.203 e. The lowest BCUT2D eigenvalue weighted by Crippen LogP contribution is -2.17. The highest BCUT2D eigenvalue weighted by molar-refractivity contribution is 5.85. The van der Waals surface area contributed by atoms with E-state index in [4.69, 9.17) is 18.9 Å². The van der Waals surface area contributed by atoms with Gasteiger partial charge < -0.3 is 23.9 Å². The highest BCUT2D eigenvalue weighted by atomic mass is 16.5. The summed E-state index contributed by atoms with van der Waals surface area (Å²) in [6, 6.07) is 12.3. The predicted molar refractivity (Wildman–Crippen MR) is 95.9 cm³/mol. The van der Waals surface area contributed by atoms with Crippen LogP contribution in [-0.2, 0) is 11.2 Å². The monoisotopic (exact) mass is 339 g/mol. The van der Waals surface area contributed by atoms with Gasteiger partial charge in [-0.05, 0) is 35.7 Å². The van der Waals surface area contributed by atoms with E-state index in [1.54, 1.807) is 21.3 Å². The zero-order valence-corrected chi connectivity index (χ0v) is 14.6. The first-order valence-corrected chi connectivity index (χ1v) is 8.27. The topological polar surface area (TPSA) is 52.7 Å². The minimum Gasteiger partial charge on any atom is -0.493 e. The van der Waals surface area contributed by atoms with Gasteiger partial charge in [-0.15, -0.1) is 0 Å². The summed E-state index contributed by atoms with van der Waals surface area (Å²) in [5, 5.41) is 1.26. The van der Waals surface area contributed by atoms with Gasteiger partial charge in [0.25, 0.3) is 0 Å². The van der Waals surface area contributed by atoms with Gasteiger partial charge >= 0.3 is 0 Å². The van der Waals surface area contributed by atoms with Gasteiger partial charge in [-0.1, -0.05) is 18.2 Å². The van der Waals surface area contributed by atoms with E-state index in [1.807, 2.05) is 18.2 Å². The second-order valence-corrected chi connectivity index (χ2v) is 6.02. The number of ether oxygens (including phenoxy) is 4. The lowest BCUT2D eigenvalue weighted by Gasteiger charge is -2.25. The molecule has 5 heteroatoms. The van der Waals surface area contributed by atoms with E-state index in [9.17, 15) is 0 Å². The summed E-state index contributed by atoms with van der Waals surface area (Å²) in [7, 11) is 4.85. The lowest BCUT2D eigenvalue weighted by molar-refractivity contribution is 0.0673. The number of hydrogen-bond acceptors (Lipinski definition) is 4. The zero-order chi connectivity index (χ0) is 17.4. The molecule has 0 fully saturated rings. The number of aromatic nitrogens is 1. The standard InChI is InChI=1S/C20H21NO4/c1-22-16-10-12(11-17(23-2)20(16)24-3)19-18-14(8-9-25-19)13-6-4-5-7-15(13)21-18/h4-7,10-11,19,21H,8-9H2,1-3H3/t19-/m0/s1. The molecular formula is C20H21NO4. The molecular weight excluding hydrogens is 318 g/mol. The summed E-state index contributed by atoms with van der Waals surface area (Å²) in [5.74, 6) is 1.84. The Morgan fingerprint density at radius 1 is 1.00 bits per heavy atom. The Morgan fingerprint density at radius 2 is 1.72 bits per heavy atom. The van der Waals surface area contributed by atoms with Crippen LogP contribution in [0, 0.1) is 0 Å². The van der Waals surface area contributed by atoms with Crippen LogP contribution >= 0.6 is 0 Å². The number of rotatable bonds is 4. The molecule has 1 aromatic heterocycles. The predicted octanol–water partition coefficient (Wildman–Crippen LogP) is 3.86. The van der Waals surface area contributed by atoms with E-state index >= 15 is 0 Å². The smallest absolute Gasteiger partial charge is 0.203 e. The van der Waals surface area contributed by atoms with Crippen LogP contribution in [0.25, 0.3) is 10.9 Å². The molecule has 130 valence electrons. The molecule has 25 heavy (non-hydrogen) atoms. The first-order valence-electron chi connectivity index (χ1n) is 8.27. The summed E-state index contributed by atoms with van der Waals surface area (Å²) in [4.78, 5) is 3.53. The molecule has 0 aliphatic carbocycles. The van der Waals surface area contributed by atoms with Crippen LogP contribution in [0.3, 0.4) is 0 Å². The molecule has 5 nitrogen and oxygen atoms in total. The third-order valence-electron chi connectivity index (χ3n) is 4.74. The minimum atomic E-state index is -0.190. The second-order valence-electron chi connectivity index (χ2n) is 6.02. The molecule has 1 N–H and O–H groups in total. The Hall–Kier alpha value is -2.66. The molecule has 2 heterocycles. The fourth-order valence-electron chi connectivity index (χ4n) is 3.59. The number of methoxy groups -OCH3 is 3. The number of hydrogen-bond donors (Lipinski definition) is 1. The van der Waals surface area contributed by atoms with Crippen molar-refractivity contribution in [2.24, 2.45) is 0 Å². The van der Waals surface area contributed by atoms with Gasteiger partial charge in [-0.2, -0.15) is 0 Å². The Morgan fingerprint density at radius 3 is 2.40 bits per heavy atom. The van der Waals surface area contributed by atoms with E-state index in [-0.39, 0.29) is 6.10 Å². The SMILES string of the molecule is COc1cc([C@@H]2OCCc3c2[nH]c2ccccc32)cc(OC)c1OC. The minimum absolute atomic E-state index is 0.190. The normalized spacial score (nSPS) is 16.5. The summed E-state index contributed by atoms with van der Waals surface area (Å²) in [6.45, 7) is 0.677. The first kappa shape index (κ1) is 15.8. The zero-order valence-electron chi connectivity index (χ0n) is 14.6. The molecule has 0 saturated carbocycles. The Kier molecular flexibility index (Phi) is 4.01. The van der Waals surface area contributed by atoms with Crippen molar-refractivity contribution in [1.29, 1.82) is 0 Å². The second kappa shape index (κ2) is 6.33. The average molecular weight is 339 g/mol. The van der Waals surface area contributed by atoms with Gasteiger partial charge in [-0.3, -0.25) is 0 Å². The van der Waals surface area contributed by atoms with Crippen LogP contribution in [0.4, 0.5) is 0 Å². The molecule has 1 aliphatic rings.